The summed E-state index contributed by atoms with van der Waals surface area (Å²) in [5.74, 6) is 1.15. The number of benzene rings is 1. The Bertz CT molecular complexity index is 362. The van der Waals surface area contributed by atoms with Crippen LogP contribution in [0, 0.1) is 0 Å². The average Bonchev–Trinajstić information content (AvgIpc) is 2.16. The first kappa shape index (κ1) is 11.4. The van der Waals surface area contributed by atoms with Crippen LogP contribution in [0.15, 0.2) is 18.2 Å². The average molecular weight is 208 g/mol. The lowest BCUT2D eigenvalue weighted by molar-refractivity contribution is 0.259. The van der Waals surface area contributed by atoms with E-state index in [4.69, 9.17) is 10.5 Å². The Balaban J connectivity index is 3.04. The fourth-order valence-electron chi connectivity index (χ4n) is 1.41. The molecule has 0 heterocycles. The minimum absolute atomic E-state index is 0.328. The zero-order chi connectivity index (χ0) is 11.4. The number of primary amides is 1. The highest BCUT2D eigenvalue weighted by atomic mass is 16.5. The number of urea groups is 1. The number of amides is 2. The normalized spacial score (nSPS) is 10.1. The first-order chi connectivity index (χ1) is 7.04. The summed E-state index contributed by atoms with van der Waals surface area (Å²) in [7, 11) is 1.63. The van der Waals surface area contributed by atoms with Crippen LogP contribution < -0.4 is 15.8 Å². The SMILES string of the molecule is COc1ccc(NC(N)=O)cc1C(C)C. The lowest BCUT2D eigenvalue weighted by atomic mass is 10.0. The molecule has 0 atom stereocenters. The van der Waals surface area contributed by atoms with E-state index in [2.05, 4.69) is 19.2 Å². The molecule has 2 amide bonds. The molecule has 1 aromatic rings. The first-order valence-electron chi connectivity index (χ1n) is 4.79. The van der Waals surface area contributed by atoms with Crippen LogP contribution >= 0.6 is 0 Å². The van der Waals surface area contributed by atoms with E-state index in [9.17, 15) is 4.79 Å². The minimum Gasteiger partial charge on any atom is -0.496 e. The van der Waals surface area contributed by atoms with Gasteiger partial charge in [0.1, 0.15) is 5.75 Å². The van der Waals surface area contributed by atoms with E-state index in [1.807, 2.05) is 12.1 Å². The number of carbonyl (C=O) groups is 1. The van der Waals surface area contributed by atoms with E-state index in [1.54, 1.807) is 13.2 Å². The summed E-state index contributed by atoms with van der Waals surface area (Å²) >= 11 is 0. The lowest BCUT2D eigenvalue weighted by Crippen LogP contribution is -2.19. The number of nitrogens with two attached hydrogens (primary N) is 1. The molecule has 15 heavy (non-hydrogen) atoms. The quantitative estimate of drug-likeness (QED) is 0.800. The van der Waals surface area contributed by atoms with Gasteiger partial charge in [-0.25, -0.2) is 4.79 Å². The van der Waals surface area contributed by atoms with E-state index in [0.717, 1.165) is 11.3 Å². The van der Waals surface area contributed by atoms with Gasteiger partial charge in [-0.05, 0) is 29.7 Å². The van der Waals surface area contributed by atoms with Crippen molar-refractivity contribution in [2.75, 3.05) is 12.4 Å². The number of anilines is 1. The molecule has 0 aliphatic carbocycles. The number of nitrogens with one attached hydrogen (secondary N) is 1. The van der Waals surface area contributed by atoms with Gasteiger partial charge in [-0.1, -0.05) is 13.8 Å². The smallest absolute Gasteiger partial charge is 0.316 e. The Morgan fingerprint density at radius 2 is 2.13 bits per heavy atom. The van der Waals surface area contributed by atoms with E-state index in [-0.39, 0.29) is 0 Å². The van der Waals surface area contributed by atoms with Gasteiger partial charge in [-0.15, -0.1) is 0 Å². The molecule has 0 spiro atoms. The van der Waals surface area contributed by atoms with Crippen molar-refractivity contribution in [1.29, 1.82) is 0 Å². The summed E-state index contributed by atoms with van der Waals surface area (Å²) in [6, 6.07) is 4.89. The van der Waals surface area contributed by atoms with Crippen LogP contribution in [0.1, 0.15) is 25.3 Å². The molecular formula is C11H16N2O2. The predicted molar refractivity (Wildman–Crippen MR) is 60.3 cm³/mol. The Kier molecular flexibility index (Phi) is 3.55. The van der Waals surface area contributed by atoms with Crippen LogP contribution in [0.4, 0.5) is 10.5 Å². The molecule has 0 unspecified atom stereocenters. The number of hydrogen-bond donors (Lipinski definition) is 2. The first-order valence-corrected chi connectivity index (χ1v) is 4.79. The Labute approximate surface area is 89.4 Å². The third-order valence-corrected chi connectivity index (χ3v) is 2.12. The van der Waals surface area contributed by atoms with Crippen molar-refractivity contribution in [3.8, 4) is 5.75 Å². The Morgan fingerprint density at radius 3 is 2.60 bits per heavy atom. The molecule has 0 aliphatic heterocycles. The van der Waals surface area contributed by atoms with E-state index < -0.39 is 6.03 Å². The van der Waals surface area contributed by atoms with Crippen molar-refractivity contribution in [1.82, 2.24) is 0 Å². The van der Waals surface area contributed by atoms with Crippen LogP contribution in [-0.2, 0) is 0 Å². The molecule has 0 aliphatic rings. The van der Waals surface area contributed by atoms with Crippen LogP contribution in [0.3, 0.4) is 0 Å². The summed E-state index contributed by atoms with van der Waals surface area (Å²) in [6.07, 6.45) is 0. The van der Waals surface area contributed by atoms with E-state index in [0.29, 0.717) is 11.6 Å². The topological polar surface area (TPSA) is 64.3 Å². The van der Waals surface area contributed by atoms with E-state index in [1.165, 1.54) is 0 Å². The second kappa shape index (κ2) is 4.68. The maximum Gasteiger partial charge on any atom is 0.316 e. The highest BCUT2D eigenvalue weighted by molar-refractivity contribution is 5.88. The predicted octanol–water partition coefficient (Wildman–Crippen LogP) is 2.31. The van der Waals surface area contributed by atoms with Crippen molar-refractivity contribution in [2.24, 2.45) is 5.73 Å². The third kappa shape index (κ3) is 2.87. The highest BCUT2D eigenvalue weighted by Crippen LogP contribution is 2.28. The summed E-state index contributed by atoms with van der Waals surface area (Å²) in [4.78, 5) is 10.7. The van der Waals surface area contributed by atoms with Gasteiger partial charge in [0.2, 0.25) is 0 Å². The fourth-order valence-corrected chi connectivity index (χ4v) is 1.41. The number of methoxy groups -OCH3 is 1. The second-order valence-electron chi connectivity index (χ2n) is 3.60. The summed E-state index contributed by atoms with van der Waals surface area (Å²) in [5.41, 5.74) is 6.77. The number of carbonyl (C=O) groups excluding carboxylic acids is 1. The molecule has 4 nitrogen and oxygen atoms in total. The molecule has 0 bridgehead atoms. The standard InChI is InChI=1S/C11H16N2O2/c1-7(2)9-6-8(13-11(12)14)4-5-10(9)15-3/h4-7H,1-3H3,(H3,12,13,14). The van der Waals surface area contributed by atoms with Crippen LogP contribution in [0.5, 0.6) is 5.75 Å². The van der Waals surface area contributed by atoms with E-state index >= 15 is 0 Å². The molecule has 0 saturated carbocycles. The molecule has 4 heteroatoms. The summed E-state index contributed by atoms with van der Waals surface area (Å²) < 4.78 is 5.22. The van der Waals surface area contributed by atoms with Gasteiger partial charge in [0.25, 0.3) is 0 Å². The van der Waals surface area contributed by atoms with Crippen molar-refractivity contribution in [3.05, 3.63) is 23.8 Å². The Morgan fingerprint density at radius 1 is 1.47 bits per heavy atom. The monoisotopic (exact) mass is 208 g/mol. The van der Waals surface area contributed by atoms with Gasteiger partial charge >= 0.3 is 6.03 Å². The molecule has 1 rings (SSSR count). The molecule has 0 saturated heterocycles. The summed E-state index contributed by atoms with van der Waals surface area (Å²) in [6.45, 7) is 4.12. The maximum absolute atomic E-state index is 10.7. The molecule has 3 N–H and O–H groups in total. The maximum atomic E-state index is 10.7. The zero-order valence-corrected chi connectivity index (χ0v) is 9.20. The lowest BCUT2D eigenvalue weighted by Gasteiger charge is -2.13. The molecule has 0 radical (unpaired) electrons. The van der Waals surface area contributed by atoms with Gasteiger partial charge < -0.3 is 15.8 Å². The van der Waals surface area contributed by atoms with Gasteiger partial charge in [0.05, 0.1) is 7.11 Å². The molecule has 0 fully saturated rings. The van der Waals surface area contributed by atoms with Crippen molar-refractivity contribution < 1.29 is 9.53 Å². The number of hydrogen-bond acceptors (Lipinski definition) is 2. The minimum atomic E-state index is -0.560. The van der Waals surface area contributed by atoms with Crippen LogP contribution in [0.25, 0.3) is 0 Å². The van der Waals surface area contributed by atoms with Gasteiger partial charge in [0, 0.05) is 5.69 Å². The zero-order valence-electron chi connectivity index (χ0n) is 9.20. The fraction of sp³-hybridized carbons (Fsp3) is 0.364. The third-order valence-electron chi connectivity index (χ3n) is 2.12. The molecular weight excluding hydrogens is 192 g/mol. The second-order valence-corrected chi connectivity index (χ2v) is 3.60. The molecule has 1 aromatic carbocycles. The molecule has 0 aromatic heterocycles. The van der Waals surface area contributed by atoms with Crippen LogP contribution in [0.2, 0.25) is 0 Å². The molecule has 82 valence electrons. The number of ether oxygens (including phenoxy) is 1. The largest absolute Gasteiger partial charge is 0.496 e. The highest BCUT2D eigenvalue weighted by Gasteiger charge is 2.08. The van der Waals surface area contributed by atoms with Crippen molar-refractivity contribution in [3.63, 3.8) is 0 Å². The Hall–Kier alpha value is -1.71. The summed E-state index contributed by atoms with van der Waals surface area (Å²) in [5, 5.41) is 2.53. The van der Waals surface area contributed by atoms with Gasteiger partial charge in [0.15, 0.2) is 0 Å². The van der Waals surface area contributed by atoms with Gasteiger partial charge in [-0.3, -0.25) is 0 Å². The van der Waals surface area contributed by atoms with Gasteiger partial charge in [-0.2, -0.15) is 0 Å². The number of rotatable bonds is 3. The van der Waals surface area contributed by atoms with Crippen molar-refractivity contribution >= 4 is 11.7 Å². The van der Waals surface area contributed by atoms with Crippen molar-refractivity contribution in [2.45, 2.75) is 19.8 Å². The van der Waals surface area contributed by atoms with Crippen LogP contribution in [-0.4, -0.2) is 13.1 Å².